The number of halogens is 1. The van der Waals surface area contributed by atoms with Crippen molar-refractivity contribution in [2.24, 2.45) is 28.6 Å². The average Bonchev–Trinajstić information content (AvgIpc) is 3.11. The van der Waals surface area contributed by atoms with E-state index in [1.165, 1.54) is 16.4 Å². The highest BCUT2D eigenvalue weighted by atomic mass is 127. The molecular weight excluding hydrogens is 475 g/mol. The number of hydrogen-bond donors (Lipinski definition) is 0. The number of hydrogen-bond acceptors (Lipinski definition) is 3. The number of carbonyl (C=O) groups excluding carboxylic acids is 1. The van der Waals surface area contributed by atoms with Gasteiger partial charge in [0.15, 0.2) is 0 Å². The van der Waals surface area contributed by atoms with Gasteiger partial charge in [-0.3, -0.25) is 9.48 Å². The molecule has 3 aliphatic rings. The Kier molecular flexibility index (Phi) is 4.80. The molecule has 0 radical (unpaired) electrons. The smallest absolute Gasteiger partial charge is 0.312 e. The fourth-order valence-corrected chi connectivity index (χ4v) is 7.06. The summed E-state index contributed by atoms with van der Waals surface area (Å²) in [7, 11) is 0. The molecule has 1 aromatic carbocycles. The Morgan fingerprint density at radius 3 is 2.72 bits per heavy atom. The van der Waals surface area contributed by atoms with Crippen LogP contribution < -0.4 is 0 Å². The summed E-state index contributed by atoms with van der Waals surface area (Å²) in [6.07, 6.45) is 7.62. The Bertz CT molecular complexity index is 907. The fraction of sp³-hybridized carbons (Fsp3) is 0.583. The van der Waals surface area contributed by atoms with Crippen molar-refractivity contribution >= 4 is 28.6 Å². The van der Waals surface area contributed by atoms with E-state index in [9.17, 15) is 4.79 Å². The summed E-state index contributed by atoms with van der Waals surface area (Å²) in [6.45, 7) is 5.71. The summed E-state index contributed by atoms with van der Waals surface area (Å²) >= 11 is 2.35. The van der Waals surface area contributed by atoms with Crippen LogP contribution in [-0.2, 0) is 22.7 Å². The van der Waals surface area contributed by atoms with Crippen molar-refractivity contribution in [3.63, 3.8) is 0 Å². The lowest BCUT2D eigenvalue weighted by Gasteiger charge is -2.46. The van der Waals surface area contributed by atoms with Gasteiger partial charge in [0.05, 0.1) is 14.7 Å². The minimum atomic E-state index is -0.306. The molecule has 4 nitrogen and oxygen atoms in total. The molecule has 2 bridgehead atoms. The van der Waals surface area contributed by atoms with Crippen LogP contribution in [0.2, 0.25) is 0 Å². The van der Waals surface area contributed by atoms with Crippen molar-refractivity contribution in [3.05, 3.63) is 51.4 Å². The summed E-state index contributed by atoms with van der Waals surface area (Å²) in [6, 6.07) is 10.0. The summed E-state index contributed by atoms with van der Waals surface area (Å²) in [5, 5.41) is 4.72. The van der Waals surface area contributed by atoms with Crippen molar-refractivity contribution in [1.82, 2.24) is 9.78 Å². The van der Waals surface area contributed by atoms with Crippen LogP contribution in [0.15, 0.2) is 36.5 Å². The number of aromatic nitrogens is 2. The Morgan fingerprint density at radius 2 is 2.00 bits per heavy atom. The molecule has 5 unspecified atom stereocenters. The van der Waals surface area contributed by atoms with E-state index in [1.54, 1.807) is 0 Å². The molecule has 3 saturated carbocycles. The highest BCUT2D eigenvalue weighted by molar-refractivity contribution is 14.1. The van der Waals surface area contributed by atoms with E-state index in [1.807, 2.05) is 30.3 Å². The molecule has 29 heavy (non-hydrogen) atoms. The maximum absolute atomic E-state index is 13.4. The second-order valence-corrected chi connectivity index (χ2v) is 11.3. The van der Waals surface area contributed by atoms with Crippen molar-refractivity contribution in [1.29, 1.82) is 0 Å². The number of esters is 1. The van der Waals surface area contributed by atoms with Gasteiger partial charge in [0.1, 0.15) is 6.61 Å². The third kappa shape index (κ3) is 3.53. The summed E-state index contributed by atoms with van der Waals surface area (Å²) in [4.78, 5) is 13.4. The molecule has 3 aliphatic carbocycles. The van der Waals surface area contributed by atoms with Gasteiger partial charge in [-0.2, -0.15) is 5.10 Å². The normalized spacial score (nSPS) is 35.1. The highest BCUT2D eigenvalue weighted by Gasteiger charge is 2.62. The van der Waals surface area contributed by atoms with Gasteiger partial charge in [-0.1, -0.05) is 37.3 Å². The first kappa shape index (κ1) is 19.6. The van der Waals surface area contributed by atoms with Gasteiger partial charge in [-0.05, 0) is 90.4 Å². The van der Waals surface area contributed by atoms with Gasteiger partial charge in [0, 0.05) is 12.7 Å². The summed E-state index contributed by atoms with van der Waals surface area (Å²) < 4.78 is 9.23. The number of rotatable bonds is 5. The van der Waals surface area contributed by atoms with Crippen LogP contribution in [0.4, 0.5) is 0 Å². The zero-order chi connectivity index (χ0) is 20.2. The minimum Gasteiger partial charge on any atom is -0.460 e. The van der Waals surface area contributed by atoms with Gasteiger partial charge < -0.3 is 4.74 Å². The van der Waals surface area contributed by atoms with E-state index >= 15 is 0 Å². The van der Waals surface area contributed by atoms with Crippen LogP contribution in [0.25, 0.3) is 0 Å². The molecule has 154 valence electrons. The van der Waals surface area contributed by atoms with Crippen LogP contribution in [0.3, 0.4) is 0 Å². The molecular formula is C24H29IN2O2. The largest absolute Gasteiger partial charge is 0.460 e. The Balaban J connectivity index is 1.37. The fourth-order valence-electron chi connectivity index (χ4n) is 6.63. The predicted octanol–water partition coefficient (Wildman–Crippen LogP) is 5.37. The van der Waals surface area contributed by atoms with E-state index in [0.29, 0.717) is 6.61 Å². The number of benzene rings is 1. The lowest BCUT2D eigenvalue weighted by Crippen LogP contribution is -2.42. The first-order valence-electron chi connectivity index (χ1n) is 10.8. The first-order valence-corrected chi connectivity index (χ1v) is 11.8. The van der Waals surface area contributed by atoms with Gasteiger partial charge in [-0.25, -0.2) is 0 Å². The summed E-state index contributed by atoms with van der Waals surface area (Å²) in [5.41, 5.74) is 1.93. The van der Waals surface area contributed by atoms with Crippen LogP contribution in [0.1, 0.15) is 50.3 Å². The molecule has 3 fully saturated rings. The molecule has 5 heteroatoms. The predicted molar refractivity (Wildman–Crippen MR) is 120 cm³/mol. The SMILES string of the molecule is Cc1nn(CC2(C)CC3CC4CC(C(=O)OCc5ccccc5)(CC34)C2)cc1I. The molecule has 0 spiro atoms. The monoisotopic (exact) mass is 504 g/mol. The van der Waals surface area contributed by atoms with Gasteiger partial charge in [0.25, 0.3) is 0 Å². The highest BCUT2D eigenvalue weighted by Crippen LogP contribution is 2.67. The topological polar surface area (TPSA) is 44.1 Å². The summed E-state index contributed by atoms with van der Waals surface area (Å²) in [5.74, 6) is 2.27. The number of carbonyl (C=O) groups is 1. The molecule has 0 amide bonds. The van der Waals surface area contributed by atoms with Crippen molar-refractivity contribution < 1.29 is 9.53 Å². The van der Waals surface area contributed by atoms with Gasteiger partial charge in [-0.15, -0.1) is 0 Å². The van der Waals surface area contributed by atoms with Gasteiger partial charge >= 0.3 is 5.97 Å². The molecule has 0 aliphatic heterocycles. The minimum absolute atomic E-state index is 0.0360. The molecule has 1 aromatic heterocycles. The number of nitrogens with zero attached hydrogens (tertiary/aromatic N) is 2. The third-order valence-electron chi connectivity index (χ3n) is 7.69. The lowest BCUT2D eigenvalue weighted by molar-refractivity contribution is -0.160. The van der Waals surface area contributed by atoms with E-state index in [4.69, 9.17) is 9.84 Å². The number of aryl methyl sites for hydroxylation is 1. The zero-order valence-electron chi connectivity index (χ0n) is 17.2. The van der Waals surface area contributed by atoms with Crippen molar-refractivity contribution in [3.8, 4) is 0 Å². The van der Waals surface area contributed by atoms with Crippen LogP contribution in [0, 0.1) is 39.1 Å². The third-order valence-corrected chi connectivity index (χ3v) is 8.75. The molecule has 2 aromatic rings. The van der Waals surface area contributed by atoms with Gasteiger partial charge in [0.2, 0.25) is 0 Å². The molecule has 0 saturated heterocycles. The first-order chi connectivity index (χ1) is 13.9. The number of ether oxygens (including phenoxy) is 1. The van der Waals surface area contributed by atoms with E-state index in [-0.39, 0.29) is 16.8 Å². The maximum atomic E-state index is 13.4. The number of fused-ring (bicyclic) bond motifs is 1. The Labute approximate surface area is 186 Å². The van der Waals surface area contributed by atoms with E-state index < -0.39 is 0 Å². The maximum Gasteiger partial charge on any atom is 0.312 e. The van der Waals surface area contributed by atoms with Crippen molar-refractivity contribution in [2.45, 2.75) is 59.1 Å². The molecule has 1 heterocycles. The van der Waals surface area contributed by atoms with Crippen LogP contribution in [0.5, 0.6) is 0 Å². The Morgan fingerprint density at radius 1 is 1.24 bits per heavy atom. The zero-order valence-corrected chi connectivity index (χ0v) is 19.4. The van der Waals surface area contributed by atoms with Crippen LogP contribution >= 0.6 is 22.6 Å². The van der Waals surface area contributed by atoms with Crippen molar-refractivity contribution in [2.75, 3.05) is 0 Å². The standard InChI is InChI=1S/C24H29IN2O2/c1-16-21(25)12-27(26-16)15-23(2)9-18-8-19-10-24(14-23,11-20(18)19)22(28)29-13-17-6-4-3-5-7-17/h3-7,12,18-20H,8-11,13-15H2,1-2H3. The van der Waals surface area contributed by atoms with E-state index in [0.717, 1.165) is 54.8 Å². The Hall–Kier alpha value is -1.37. The lowest BCUT2D eigenvalue weighted by atomic mass is 9.59. The average molecular weight is 504 g/mol. The molecule has 5 atom stereocenters. The second kappa shape index (κ2) is 7.10. The molecule has 0 N–H and O–H groups in total. The quantitative estimate of drug-likeness (QED) is 0.406. The van der Waals surface area contributed by atoms with E-state index in [2.05, 4.69) is 47.3 Å². The van der Waals surface area contributed by atoms with Crippen LogP contribution in [-0.4, -0.2) is 15.7 Å². The molecule has 5 rings (SSSR count). The second-order valence-electron chi connectivity index (χ2n) is 10.1.